The minimum atomic E-state index is -0.346. The van der Waals surface area contributed by atoms with Gasteiger partial charge in [-0.15, -0.1) is 0 Å². The molecule has 2 aromatic heterocycles. The summed E-state index contributed by atoms with van der Waals surface area (Å²) in [6, 6.07) is 3.75. The molecule has 3 N–H and O–H groups in total. The number of H-pyrrole nitrogens is 1. The lowest BCUT2D eigenvalue weighted by atomic mass is 10.2. The van der Waals surface area contributed by atoms with E-state index in [1.54, 1.807) is 0 Å². The van der Waals surface area contributed by atoms with Crippen LogP contribution in [0.2, 0.25) is 0 Å². The molecule has 0 spiro atoms. The third-order valence-electron chi connectivity index (χ3n) is 2.64. The molecule has 2 rings (SSSR count). The zero-order valence-electron chi connectivity index (χ0n) is 9.73. The van der Waals surface area contributed by atoms with Crippen molar-refractivity contribution >= 4 is 29.3 Å². The number of carbonyl (C=O) groups is 1. The van der Waals surface area contributed by atoms with Crippen LogP contribution in [0.4, 0.5) is 0 Å². The van der Waals surface area contributed by atoms with Crippen molar-refractivity contribution < 1.29 is 4.79 Å². The number of amides is 1. The van der Waals surface area contributed by atoms with Crippen LogP contribution in [0.1, 0.15) is 25.1 Å². The summed E-state index contributed by atoms with van der Waals surface area (Å²) in [7, 11) is 0. The van der Waals surface area contributed by atoms with Gasteiger partial charge in [-0.3, -0.25) is 9.36 Å². The van der Waals surface area contributed by atoms with Crippen molar-refractivity contribution in [2.45, 2.75) is 26.3 Å². The first-order chi connectivity index (χ1) is 7.99. The molecule has 0 saturated carbocycles. The zero-order chi connectivity index (χ0) is 12.6. The van der Waals surface area contributed by atoms with Crippen LogP contribution in [0, 0.1) is 11.7 Å². The number of nitrogens with two attached hydrogens (primary N) is 1. The highest BCUT2D eigenvalue weighted by Gasteiger charge is 2.14. The van der Waals surface area contributed by atoms with E-state index in [9.17, 15) is 4.79 Å². The molecular formula is C11H14N4OS. The van der Waals surface area contributed by atoms with E-state index in [1.165, 1.54) is 0 Å². The first-order valence-corrected chi connectivity index (χ1v) is 5.76. The number of pyridine rings is 1. The minimum Gasteiger partial charge on any atom is -0.370 e. The molecule has 6 heteroatoms. The molecule has 2 heterocycles. The molecule has 5 nitrogen and oxygen atoms in total. The number of fused-ring (bicyclic) bond motifs is 1. The highest BCUT2D eigenvalue weighted by Crippen LogP contribution is 2.19. The number of aromatic amines is 1. The Balaban J connectivity index is 2.59. The fourth-order valence-electron chi connectivity index (χ4n) is 1.89. The summed E-state index contributed by atoms with van der Waals surface area (Å²) in [5.41, 5.74) is 7.75. The highest BCUT2D eigenvalue weighted by molar-refractivity contribution is 7.71. The lowest BCUT2D eigenvalue weighted by Gasteiger charge is -2.11. The van der Waals surface area contributed by atoms with Gasteiger partial charge in [0.1, 0.15) is 0 Å². The average Bonchev–Trinajstić information content (AvgIpc) is 2.52. The van der Waals surface area contributed by atoms with E-state index in [2.05, 4.69) is 9.97 Å². The zero-order valence-corrected chi connectivity index (χ0v) is 10.5. The number of carbonyl (C=O) groups excluding carboxylic acids is 1. The molecule has 1 unspecified atom stereocenters. The van der Waals surface area contributed by atoms with E-state index in [-0.39, 0.29) is 18.4 Å². The van der Waals surface area contributed by atoms with Crippen LogP contribution in [0.25, 0.3) is 11.2 Å². The second kappa shape index (κ2) is 4.29. The number of hydrogen-bond acceptors (Lipinski definition) is 3. The predicted octanol–water partition coefficient (Wildman–Crippen LogP) is 1.84. The molecule has 1 atom stereocenters. The van der Waals surface area contributed by atoms with E-state index in [4.69, 9.17) is 18.0 Å². The Morgan fingerprint density at radius 2 is 2.35 bits per heavy atom. The molecule has 0 bridgehead atoms. The quantitative estimate of drug-likeness (QED) is 0.816. The lowest BCUT2D eigenvalue weighted by molar-refractivity contribution is -0.118. The highest BCUT2D eigenvalue weighted by atomic mass is 32.1. The van der Waals surface area contributed by atoms with Crippen LogP contribution in [-0.2, 0) is 4.79 Å². The number of aryl methyl sites for hydroxylation is 1. The number of imidazole rings is 1. The summed E-state index contributed by atoms with van der Waals surface area (Å²) in [5, 5.41) is 0. The molecule has 1 amide bonds. The molecule has 0 aliphatic carbocycles. The lowest BCUT2D eigenvalue weighted by Crippen LogP contribution is -2.17. The van der Waals surface area contributed by atoms with Crippen molar-refractivity contribution in [2.75, 3.05) is 0 Å². The van der Waals surface area contributed by atoms with Gasteiger partial charge in [0.15, 0.2) is 10.4 Å². The van der Waals surface area contributed by atoms with Gasteiger partial charge in [0.25, 0.3) is 0 Å². The predicted molar refractivity (Wildman–Crippen MR) is 68.2 cm³/mol. The van der Waals surface area contributed by atoms with Crippen molar-refractivity contribution in [3.05, 3.63) is 22.6 Å². The van der Waals surface area contributed by atoms with Gasteiger partial charge >= 0.3 is 0 Å². The summed E-state index contributed by atoms with van der Waals surface area (Å²) in [6.45, 7) is 3.82. The fraction of sp³-hybridized carbons (Fsp3) is 0.364. The molecule has 0 aliphatic rings. The van der Waals surface area contributed by atoms with Gasteiger partial charge in [-0.1, -0.05) is 0 Å². The summed E-state index contributed by atoms with van der Waals surface area (Å²) in [5.74, 6) is -0.346. The first kappa shape index (κ1) is 11.8. The van der Waals surface area contributed by atoms with Crippen LogP contribution in [0.15, 0.2) is 12.1 Å². The van der Waals surface area contributed by atoms with Gasteiger partial charge in [-0.25, -0.2) is 4.98 Å². The Morgan fingerprint density at radius 3 is 3.00 bits per heavy atom. The van der Waals surface area contributed by atoms with E-state index in [1.807, 2.05) is 30.5 Å². The van der Waals surface area contributed by atoms with Crippen LogP contribution in [0.3, 0.4) is 0 Å². The molecule has 0 radical (unpaired) electrons. The Bertz CT molecular complexity index is 628. The van der Waals surface area contributed by atoms with Crippen molar-refractivity contribution in [1.82, 2.24) is 14.5 Å². The smallest absolute Gasteiger partial charge is 0.219 e. The molecular weight excluding hydrogens is 236 g/mol. The maximum atomic E-state index is 11.0. The van der Waals surface area contributed by atoms with Gasteiger partial charge < -0.3 is 10.7 Å². The van der Waals surface area contributed by atoms with Gasteiger partial charge in [-0.2, -0.15) is 0 Å². The van der Waals surface area contributed by atoms with E-state index in [0.29, 0.717) is 4.77 Å². The average molecular weight is 250 g/mol. The van der Waals surface area contributed by atoms with Gasteiger partial charge in [-0.05, 0) is 38.2 Å². The molecule has 17 heavy (non-hydrogen) atoms. The summed E-state index contributed by atoms with van der Waals surface area (Å²) in [6.07, 6.45) is 0.247. The van der Waals surface area contributed by atoms with Crippen LogP contribution in [0.5, 0.6) is 0 Å². The molecule has 2 aromatic rings. The van der Waals surface area contributed by atoms with E-state index in [0.717, 1.165) is 16.9 Å². The molecule has 0 aliphatic heterocycles. The van der Waals surface area contributed by atoms with Crippen LogP contribution in [-0.4, -0.2) is 20.4 Å². The maximum Gasteiger partial charge on any atom is 0.219 e. The molecule has 0 fully saturated rings. The second-order valence-electron chi connectivity index (χ2n) is 4.14. The SMILES string of the molecule is Cc1ccc2[nH]c(=S)n(C(C)CC(N)=O)c2n1. The standard InChI is InChI=1S/C11H14N4OS/c1-6-3-4-8-10(13-6)15(11(17)14-8)7(2)5-9(12)16/h3-4,7H,5H2,1-2H3,(H2,12,16)(H,14,17). The van der Waals surface area contributed by atoms with Crippen molar-refractivity contribution in [3.63, 3.8) is 0 Å². The Hall–Kier alpha value is -1.69. The maximum absolute atomic E-state index is 11.0. The topological polar surface area (TPSA) is 76.7 Å². The van der Waals surface area contributed by atoms with Crippen LogP contribution >= 0.6 is 12.2 Å². The summed E-state index contributed by atoms with van der Waals surface area (Å²) in [4.78, 5) is 18.5. The minimum absolute atomic E-state index is 0.0944. The number of nitrogens with one attached hydrogen (secondary N) is 1. The Labute approximate surface area is 104 Å². The number of rotatable bonds is 3. The van der Waals surface area contributed by atoms with Crippen molar-refractivity contribution in [2.24, 2.45) is 5.73 Å². The number of nitrogens with zero attached hydrogens (tertiary/aromatic N) is 2. The first-order valence-electron chi connectivity index (χ1n) is 5.35. The Morgan fingerprint density at radius 1 is 1.65 bits per heavy atom. The van der Waals surface area contributed by atoms with Gasteiger partial charge in [0.05, 0.1) is 5.52 Å². The number of aromatic nitrogens is 3. The third kappa shape index (κ3) is 2.21. The Kier molecular flexibility index (Phi) is 2.97. The van der Waals surface area contributed by atoms with Crippen molar-refractivity contribution in [3.8, 4) is 0 Å². The monoisotopic (exact) mass is 250 g/mol. The fourth-order valence-corrected chi connectivity index (χ4v) is 2.26. The van der Waals surface area contributed by atoms with Gasteiger partial charge in [0, 0.05) is 18.2 Å². The summed E-state index contributed by atoms with van der Waals surface area (Å²) < 4.78 is 2.40. The summed E-state index contributed by atoms with van der Waals surface area (Å²) >= 11 is 5.24. The normalized spacial score (nSPS) is 12.8. The van der Waals surface area contributed by atoms with Crippen LogP contribution < -0.4 is 5.73 Å². The number of hydrogen-bond donors (Lipinski definition) is 2. The number of primary amides is 1. The molecule has 0 saturated heterocycles. The largest absolute Gasteiger partial charge is 0.370 e. The third-order valence-corrected chi connectivity index (χ3v) is 2.94. The van der Waals surface area contributed by atoms with Gasteiger partial charge in [0.2, 0.25) is 5.91 Å². The molecule has 0 aromatic carbocycles. The molecule has 90 valence electrons. The van der Waals surface area contributed by atoms with E-state index < -0.39 is 0 Å². The van der Waals surface area contributed by atoms with Crippen molar-refractivity contribution in [1.29, 1.82) is 0 Å². The van der Waals surface area contributed by atoms with E-state index >= 15 is 0 Å². The second-order valence-corrected chi connectivity index (χ2v) is 4.53.